The largest absolute Gasteiger partial charge is 0.370 e. The number of nitrogens with two attached hydrogens (primary N) is 1. The molecule has 2 aromatic carbocycles. The van der Waals surface area contributed by atoms with Crippen molar-refractivity contribution in [3.05, 3.63) is 53.6 Å². The van der Waals surface area contributed by atoms with Crippen molar-refractivity contribution in [2.45, 2.75) is 25.4 Å². The first-order chi connectivity index (χ1) is 12.5. The number of para-hydroxylation sites is 2. The molecular formula is C19H18N6O. The number of nitrogens with zero attached hydrogens (tertiary/aromatic N) is 3. The maximum Gasteiger partial charge on any atom is 0.278 e. The highest BCUT2D eigenvalue weighted by molar-refractivity contribution is 6.10. The summed E-state index contributed by atoms with van der Waals surface area (Å²) >= 11 is 0. The minimum atomic E-state index is -1.29. The third-order valence-corrected chi connectivity index (χ3v) is 5.06. The number of imidazole rings is 1. The van der Waals surface area contributed by atoms with Gasteiger partial charge in [-0.25, -0.2) is 9.98 Å². The van der Waals surface area contributed by atoms with E-state index >= 15 is 0 Å². The first-order valence-corrected chi connectivity index (χ1v) is 8.57. The molecule has 2 aliphatic heterocycles. The summed E-state index contributed by atoms with van der Waals surface area (Å²) in [6.45, 7) is 4.24. The number of carbonyl (C=O) groups excluding carboxylic acids is 1. The molecule has 1 spiro atoms. The van der Waals surface area contributed by atoms with Crippen LogP contribution in [-0.2, 0) is 10.5 Å². The molecule has 5 rings (SSSR count). The molecule has 1 amide bonds. The van der Waals surface area contributed by atoms with Gasteiger partial charge in [0.05, 0.1) is 11.0 Å². The first kappa shape index (κ1) is 14.9. The highest BCUT2D eigenvalue weighted by Crippen LogP contribution is 2.46. The van der Waals surface area contributed by atoms with E-state index in [0.717, 1.165) is 27.8 Å². The smallest absolute Gasteiger partial charge is 0.278 e. The molecule has 0 saturated carbocycles. The molecule has 0 aliphatic carbocycles. The Bertz CT molecular complexity index is 1110. The molecule has 7 nitrogen and oxygen atoms in total. The molecule has 2 aliphatic rings. The number of hydrogen-bond donors (Lipinski definition) is 3. The van der Waals surface area contributed by atoms with E-state index in [0.29, 0.717) is 11.9 Å². The lowest BCUT2D eigenvalue weighted by Gasteiger charge is -2.31. The Morgan fingerprint density at radius 2 is 1.96 bits per heavy atom. The summed E-state index contributed by atoms with van der Waals surface area (Å²) in [4.78, 5) is 22.4. The Kier molecular flexibility index (Phi) is 2.79. The molecule has 0 unspecified atom stereocenters. The lowest BCUT2D eigenvalue weighted by molar-refractivity contribution is -0.121. The number of hydrogen-bond acceptors (Lipinski definition) is 5. The van der Waals surface area contributed by atoms with Crippen LogP contribution in [0.4, 0.5) is 11.6 Å². The zero-order valence-corrected chi connectivity index (χ0v) is 14.4. The van der Waals surface area contributed by atoms with E-state index in [1.165, 1.54) is 0 Å². The van der Waals surface area contributed by atoms with Gasteiger partial charge >= 0.3 is 0 Å². The molecule has 0 bridgehead atoms. The van der Waals surface area contributed by atoms with Gasteiger partial charge in [0.1, 0.15) is 0 Å². The topological polar surface area (TPSA) is 97.3 Å². The fourth-order valence-corrected chi connectivity index (χ4v) is 3.79. The van der Waals surface area contributed by atoms with Gasteiger partial charge in [-0.15, -0.1) is 0 Å². The number of nitrogens with one attached hydrogen (secondary N) is 2. The van der Waals surface area contributed by atoms with Crippen molar-refractivity contribution in [2.75, 3.05) is 10.6 Å². The third kappa shape index (κ3) is 1.74. The molecule has 3 heterocycles. The summed E-state index contributed by atoms with van der Waals surface area (Å²) in [5.41, 5.74) is 9.04. The number of aliphatic imine (C=N–C) groups is 1. The SMILES string of the molecule is CC(C)c1ccc2c(c1)[C@]1(N=C(N)Nc3nc4ccccc4n31)C(=O)N2. The monoisotopic (exact) mass is 346 g/mol. The summed E-state index contributed by atoms with van der Waals surface area (Å²) in [7, 11) is 0. The van der Waals surface area contributed by atoms with Gasteiger partial charge in [0.25, 0.3) is 5.91 Å². The van der Waals surface area contributed by atoms with Crippen molar-refractivity contribution in [1.29, 1.82) is 0 Å². The lowest BCUT2D eigenvalue weighted by atomic mass is 9.94. The van der Waals surface area contributed by atoms with Crippen LogP contribution in [0, 0.1) is 0 Å². The van der Waals surface area contributed by atoms with Crippen LogP contribution in [-0.4, -0.2) is 21.4 Å². The van der Waals surface area contributed by atoms with Crippen LogP contribution in [0.1, 0.15) is 30.9 Å². The van der Waals surface area contributed by atoms with Crippen LogP contribution in [0.25, 0.3) is 11.0 Å². The van der Waals surface area contributed by atoms with Gasteiger partial charge in [-0.2, -0.15) is 0 Å². The predicted octanol–water partition coefficient (Wildman–Crippen LogP) is 2.55. The molecule has 130 valence electrons. The zero-order chi connectivity index (χ0) is 18.1. The molecule has 1 aromatic heterocycles. The fourth-order valence-electron chi connectivity index (χ4n) is 3.79. The molecule has 0 saturated heterocycles. The second kappa shape index (κ2) is 4.85. The summed E-state index contributed by atoms with van der Waals surface area (Å²) in [5, 5.41) is 5.95. The summed E-state index contributed by atoms with van der Waals surface area (Å²) in [6, 6.07) is 13.7. The van der Waals surface area contributed by atoms with Crippen LogP contribution in [0.2, 0.25) is 0 Å². The molecule has 7 heteroatoms. The van der Waals surface area contributed by atoms with Gasteiger partial charge in [0, 0.05) is 11.3 Å². The number of amides is 1. The quantitative estimate of drug-likeness (QED) is 0.631. The van der Waals surface area contributed by atoms with Crippen molar-refractivity contribution in [1.82, 2.24) is 9.55 Å². The molecular weight excluding hydrogens is 328 g/mol. The second-order valence-electron chi connectivity index (χ2n) is 6.97. The Balaban J connectivity index is 1.89. The van der Waals surface area contributed by atoms with Crippen LogP contribution < -0.4 is 16.4 Å². The predicted molar refractivity (Wildman–Crippen MR) is 101 cm³/mol. The number of carbonyl (C=O) groups is 1. The Labute approximate surface area is 149 Å². The van der Waals surface area contributed by atoms with E-state index in [2.05, 4.69) is 34.5 Å². The molecule has 1 atom stereocenters. The van der Waals surface area contributed by atoms with E-state index < -0.39 is 5.66 Å². The summed E-state index contributed by atoms with van der Waals surface area (Å²) in [6.07, 6.45) is 0. The molecule has 0 fully saturated rings. The maximum atomic E-state index is 13.2. The Morgan fingerprint density at radius 1 is 1.15 bits per heavy atom. The van der Waals surface area contributed by atoms with Gasteiger partial charge in [-0.1, -0.05) is 32.0 Å². The average Bonchev–Trinajstić information content (AvgIpc) is 3.10. The van der Waals surface area contributed by atoms with Crippen molar-refractivity contribution < 1.29 is 4.79 Å². The van der Waals surface area contributed by atoms with Gasteiger partial charge in [0.2, 0.25) is 11.6 Å². The first-order valence-electron chi connectivity index (χ1n) is 8.57. The highest BCUT2D eigenvalue weighted by Gasteiger charge is 2.52. The van der Waals surface area contributed by atoms with Crippen molar-refractivity contribution in [2.24, 2.45) is 10.7 Å². The zero-order valence-electron chi connectivity index (χ0n) is 14.4. The summed E-state index contributed by atoms with van der Waals surface area (Å²) < 4.78 is 1.84. The minimum Gasteiger partial charge on any atom is -0.370 e. The molecule has 3 aromatic rings. The van der Waals surface area contributed by atoms with Crippen LogP contribution in [0.3, 0.4) is 0 Å². The van der Waals surface area contributed by atoms with E-state index in [4.69, 9.17) is 5.73 Å². The van der Waals surface area contributed by atoms with Gasteiger partial charge in [-0.05, 0) is 35.7 Å². The van der Waals surface area contributed by atoms with Crippen LogP contribution >= 0.6 is 0 Å². The number of fused-ring (bicyclic) bond motifs is 6. The van der Waals surface area contributed by atoms with E-state index in [-0.39, 0.29) is 11.9 Å². The molecule has 4 N–H and O–H groups in total. The Morgan fingerprint density at radius 3 is 2.77 bits per heavy atom. The maximum absolute atomic E-state index is 13.2. The Hall–Kier alpha value is -3.35. The van der Waals surface area contributed by atoms with E-state index in [1.54, 1.807) is 0 Å². The standard InChI is InChI=1S/C19H18N6O/c1-10(2)11-7-8-13-12(9-11)19(16(26)21-13)24-17(20)23-18-22-14-5-3-4-6-15(14)25(18)19/h3-10H,1-2H3,(H,21,26)(H3,20,22,23,24)/t19-/m1/s1. The number of guanidine groups is 1. The van der Waals surface area contributed by atoms with Crippen LogP contribution in [0.5, 0.6) is 0 Å². The van der Waals surface area contributed by atoms with Gasteiger partial charge in [0.15, 0.2) is 5.96 Å². The van der Waals surface area contributed by atoms with E-state index in [9.17, 15) is 4.79 Å². The lowest BCUT2D eigenvalue weighted by Crippen LogP contribution is -2.47. The van der Waals surface area contributed by atoms with Gasteiger partial charge in [-0.3, -0.25) is 14.7 Å². The highest BCUT2D eigenvalue weighted by atomic mass is 16.2. The number of rotatable bonds is 1. The number of benzene rings is 2. The van der Waals surface area contributed by atoms with Crippen LogP contribution in [0.15, 0.2) is 47.5 Å². The average molecular weight is 346 g/mol. The number of anilines is 2. The van der Waals surface area contributed by atoms with Crippen molar-refractivity contribution in [3.8, 4) is 0 Å². The van der Waals surface area contributed by atoms with Crippen molar-refractivity contribution >= 4 is 34.5 Å². The fraction of sp³-hybridized carbons (Fsp3) is 0.211. The third-order valence-electron chi connectivity index (χ3n) is 5.06. The summed E-state index contributed by atoms with van der Waals surface area (Å²) in [5.74, 6) is 0.778. The van der Waals surface area contributed by atoms with Gasteiger partial charge < -0.3 is 11.1 Å². The molecule has 0 radical (unpaired) electrons. The van der Waals surface area contributed by atoms with Crippen molar-refractivity contribution in [3.63, 3.8) is 0 Å². The second-order valence-corrected chi connectivity index (χ2v) is 6.97. The number of aromatic nitrogens is 2. The minimum absolute atomic E-state index is 0.172. The molecule has 26 heavy (non-hydrogen) atoms. The normalized spacial score (nSPS) is 20.7. The van der Waals surface area contributed by atoms with E-state index in [1.807, 2.05) is 47.0 Å².